The van der Waals surface area contributed by atoms with E-state index in [4.69, 9.17) is 4.74 Å². The van der Waals surface area contributed by atoms with Crippen molar-refractivity contribution in [3.63, 3.8) is 0 Å². The number of amides is 1. The molecule has 0 aromatic heterocycles. The van der Waals surface area contributed by atoms with Crippen molar-refractivity contribution in [2.45, 2.75) is 33.2 Å². The lowest BCUT2D eigenvalue weighted by atomic mass is 9.92. The highest BCUT2D eigenvalue weighted by Gasteiger charge is 2.28. The number of nitrogens with zero attached hydrogens (tertiary/aromatic N) is 1. The first-order valence-electron chi connectivity index (χ1n) is 6.42. The van der Waals surface area contributed by atoms with E-state index in [2.05, 4.69) is 10.3 Å². The fourth-order valence-electron chi connectivity index (χ4n) is 1.99. The fourth-order valence-corrected chi connectivity index (χ4v) is 1.99. The second kappa shape index (κ2) is 5.03. The maximum absolute atomic E-state index is 11.8. The summed E-state index contributed by atoms with van der Waals surface area (Å²) >= 11 is 0. The Bertz CT molecular complexity index is 498. The first kappa shape index (κ1) is 13.6. The Morgan fingerprint density at radius 1 is 1.26 bits per heavy atom. The molecule has 1 aromatic rings. The van der Waals surface area contributed by atoms with E-state index in [0.29, 0.717) is 6.42 Å². The number of rotatable bonds is 2. The third-order valence-corrected chi connectivity index (χ3v) is 3.13. The highest BCUT2D eigenvalue weighted by atomic mass is 16.5. The summed E-state index contributed by atoms with van der Waals surface area (Å²) in [6, 6.07) is 7.62. The number of amidine groups is 1. The largest absolute Gasteiger partial charge is 0.497 e. The van der Waals surface area contributed by atoms with E-state index in [1.807, 2.05) is 45.0 Å². The molecule has 102 valence electrons. The van der Waals surface area contributed by atoms with Crippen molar-refractivity contribution in [2.75, 3.05) is 7.11 Å². The average molecular weight is 260 g/mol. The smallest absolute Gasteiger partial charge is 0.227 e. The number of hydrogen-bond donors (Lipinski definition) is 1. The van der Waals surface area contributed by atoms with Crippen molar-refractivity contribution < 1.29 is 9.53 Å². The van der Waals surface area contributed by atoms with Crippen molar-refractivity contribution in [2.24, 2.45) is 10.4 Å². The van der Waals surface area contributed by atoms with Crippen LogP contribution in [-0.4, -0.2) is 18.9 Å². The number of carbonyl (C=O) groups excluding carboxylic acids is 1. The highest BCUT2D eigenvalue weighted by Crippen LogP contribution is 2.28. The topological polar surface area (TPSA) is 50.7 Å². The van der Waals surface area contributed by atoms with Crippen LogP contribution in [0.1, 0.15) is 38.8 Å². The highest BCUT2D eigenvalue weighted by molar-refractivity contribution is 6.02. The fraction of sp³-hybridized carbons (Fsp3) is 0.467. The molecule has 4 nitrogen and oxygen atoms in total. The third kappa shape index (κ3) is 3.13. The van der Waals surface area contributed by atoms with Gasteiger partial charge < -0.3 is 10.1 Å². The molecule has 1 N–H and O–H groups in total. The summed E-state index contributed by atoms with van der Waals surface area (Å²) in [5.41, 5.74) is 0.887. The molecule has 0 spiro atoms. The summed E-state index contributed by atoms with van der Waals surface area (Å²) in [6.45, 7) is 6.13. The van der Waals surface area contributed by atoms with Gasteiger partial charge in [-0.3, -0.25) is 9.79 Å². The van der Waals surface area contributed by atoms with Crippen LogP contribution in [0.5, 0.6) is 5.75 Å². The molecule has 0 aliphatic carbocycles. The molecule has 2 rings (SSSR count). The molecule has 1 heterocycles. The minimum Gasteiger partial charge on any atom is -0.497 e. The van der Waals surface area contributed by atoms with Crippen molar-refractivity contribution in [3.8, 4) is 5.75 Å². The van der Waals surface area contributed by atoms with Gasteiger partial charge in [-0.05, 0) is 17.7 Å². The number of methoxy groups -OCH3 is 1. The second-order valence-electron chi connectivity index (χ2n) is 5.77. The lowest BCUT2D eigenvalue weighted by Gasteiger charge is -2.28. The lowest BCUT2D eigenvalue weighted by molar-refractivity contribution is -0.120. The van der Waals surface area contributed by atoms with Gasteiger partial charge in [-0.1, -0.05) is 32.9 Å². The van der Waals surface area contributed by atoms with Crippen LogP contribution < -0.4 is 10.1 Å². The Morgan fingerprint density at radius 2 is 1.89 bits per heavy atom. The molecule has 0 saturated heterocycles. The number of aliphatic imine (C=N–C) groups is 1. The van der Waals surface area contributed by atoms with E-state index in [-0.39, 0.29) is 17.4 Å². The molecule has 0 unspecified atom stereocenters. The quantitative estimate of drug-likeness (QED) is 0.888. The first-order chi connectivity index (χ1) is 8.90. The molecule has 1 aliphatic rings. The van der Waals surface area contributed by atoms with E-state index < -0.39 is 0 Å². The standard InChI is InChI=1S/C15H20N2O2/c1-15(2,3)14-16-12(9-13(18)17-14)10-5-7-11(19-4)8-6-10/h5-8,12H,9H2,1-4H3,(H,16,17,18)/t12-/m0/s1. The summed E-state index contributed by atoms with van der Waals surface area (Å²) in [5, 5.41) is 2.86. The summed E-state index contributed by atoms with van der Waals surface area (Å²) < 4.78 is 5.14. The summed E-state index contributed by atoms with van der Waals surface area (Å²) in [7, 11) is 1.64. The Morgan fingerprint density at radius 3 is 2.42 bits per heavy atom. The van der Waals surface area contributed by atoms with Crippen molar-refractivity contribution >= 4 is 11.7 Å². The maximum atomic E-state index is 11.8. The molecular formula is C15H20N2O2. The van der Waals surface area contributed by atoms with Crippen molar-refractivity contribution in [3.05, 3.63) is 29.8 Å². The Hall–Kier alpha value is -1.84. The number of nitrogens with one attached hydrogen (secondary N) is 1. The van der Waals surface area contributed by atoms with Crippen LogP contribution in [0.3, 0.4) is 0 Å². The Labute approximate surface area is 113 Å². The Balaban J connectivity index is 2.30. The zero-order valence-corrected chi connectivity index (χ0v) is 11.9. The Kier molecular flexibility index (Phi) is 3.60. The van der Waals surface area contributed by atoms with Crippen molar-refractivity contribution in [1.29, 1.82) is 0 Å². The van der Waals surface area contributed by atoms with Gasteiger partial charge >= 0.3 is 0 Å². The molecule has 0 radical (unpaired) electrons. The van der Waals surface area contributed by atoms with Crippen LogP contribution >= 0.6 is 0 Å². The third-order valence-electron chi connectivity index (χ3n) is 3.13. The first-order valence-corrected chi connectivity index (χ1v) is 6.42. The van der Waals surface area contributed by atoms with Crippen LogP contribution in [-0.2, 0) is 4.79 Å². The predicted octanol–water partition coefficient (Wildman–Crippen LogP) is 2.70. The van der Waals surface area contributed by atoms with E-state index in [0.717, 1.165) is 17.1 Å². The number of hydrogen-bond acceptors (Lipinski definition) is 3. The van der Waals surface area contributed by atoms with Gasteiger partial charge in [-0.2, -0.15) is 0 Å². The molecule has 4 heteroatoms. The van der Waals surface area contributed by atoms with Crippen LogP contribution in [0, 0.1) is 5.41 Å². The van der Waals surface area contributed by atoms with Gasteiger partial charge in [0.2, 0.25) is 5.91 Å². The number of ether oxygens (including phenoxy) is 1. The van der Waals surface area contributed by atoms with Gasteiger partial charge in [0, 0.05) is 5.41 Å². The number of benzene rings is 1. The average Bonchev–Trinajstić information content (AvgIpc) is 2.37. The minimum atomic E-state index is -0.152. The second-order valence-corrected chi connectivity index (χ2v) is 5.77. The van der Waals surface area contributed by atoms with Gasteiger partial charge in [-0.15, -0.1) is 0 Å². The van der Waals surface area contributed by atoms with E-state index in [9.17, 15) is 4.79 Å². The predicted molar refractivity (Wildman–Crippen MR) is 75.4 cm³/mol. The normalized spacial score (nSPS) is 19.7. The lowest BCUT2D eigenvalue weighted by Crippen LogP contribution is -2.43. The van der Waals surface area contributed by atoms with Gasteiger partial charge in [-0.25, -0.2) is 0 Å². The monoisotopic (exact) mass is 260 g/mol. The minimum absolute atomic E-state index is 0.0285. The molecule has 1 amide bonds. The van der Waals surface area contributed by atoms with Gasteiger partial charge in [0.15, 0.2) is 0 Å². The van der Waals surface area contributed by atoms with Crippen molar-refractivity contribution in [1.82, 2.24) is 5.32 Å². The molecular weight excluding hydrogens is 240 g/mol. The van der Waals surface area contributed by atoms with E-state index in [1.165, 1.54) is 0 Å². The molecule has 0 saturated carbocycles. The summed E-state index contributed by atoms with van der Waals surface area (Å²) in [4.78, 5) is 16.5. The molecule has 0 fully saturated rings. The summed E-state index contributed by atoms with van der Waals surface area (Å²) in [6.07, 6.45) is 0.395. The number of carbonyl (C=O) groups is 1. The molecule has 0 bridgehead atoms. The molecule has 1 aromatic carbocycles. The van der Waals surface area contributed by atoms with Crippen LogP contribution in [0.2, 0.25) is 0 Å². The van der Waals surface area contributed by atoms with Crippen LogP contribution in [0.4, 0.5) is 0 Å². The maximum Gasteiger partial charge on any atom is 0.227 e. The van der Waals surface area contributed by atoms with Crippen LogP contribution in [0.25, 0.3) is 0 Å². The van der Waals surface area contributed by atoms with E-state index >= 15 is 0 Å². The zero-order chi connectivity index (χ0) is 14.0. The summed E-state index contributed by atoms with van der Waals surface area (Å²) in [5.74, 6) is 1.59. The molecule has 1 atom stereocenters. The van der Waals surface area contributed by atoms with Gasteiger partial charge in [0.25, 0.3) is 0 Å². The van der Waals surface area contributed by atoms with E-state index in [1.54, 1.807) is 7.11 Å². The SMILES string of the molecule is COc1ccc([C@@H]2CC(=O)NC(C(C)(C)C)=N2)cc1. The molecule has 19 heavy (non-hydrogen) atoms. The zero-order valence-electron chi connectivity index (χ0n) is 11.9. The molecule has 1 aliphatic heterocycles. The van der Waals surface area contributed by atoms with Gasteiger partial charge in [0.05, 0.1) is 19.6 Å². The van der Waals surface area contributed by atoms with Crippen LogP contribution in [0.15, 0.2) is 29.3 Å². The van der Waals surface area contributed by atoms with Gasteiger partial charge in [0.1, 0.15) is 11.6 Å².